The molecule has 1 fully saturated rings. The third-order valence-corrected chi connectivity index (χ3v) is 4.38. The number of hydrogen-bond acceptors (Lipinski definition) is 5. The van der Waals surface area contributed by atoms with E-state index < -0.39 is 17.9 Å². The summed E-state index contributed by atoms with van der Waals surface area (Å²) in [5.41, 5.74) is 2.23. The van der Waals surface area contributed by atoms with Crippen molar-refractivity contribution in [3.05, 3.63) is 23.0 Å². The van der Waals surface area contributed by atoms with Crippen molar-refractivity contribution in [2.45, 2.75) is 45.6 Å². The Kier molecular flexibility index (Phi) is 3.79. The van der Waals surface area contributed by atoms with Crippen molar-refractivity contribution in [3.8, 4) is 0 Å². The number of aromatic nitrogens is 2. The van der Waals surface area contributed by atoms with Crippen molar-refractivity contribution in [1.29, 1.82) is 0 Å². The van der Waals surface area contributed by atoms with Crippen LogP contribution in [0, 0.1) is 12.8 Å². The van der Waals surface area contributed by atoms with E-state index in [0.717, 1.165) is 18.5 Å². The van der Waals surface area contributed by atoms with Crippen LogP contribution < -0.4 is 5.32 Å². The summed E-state index contributed by atoms with van der Waals surface area (Å²) in [4.78, 5) is 28.1. The van der Waals surface area contributed by atoms with E-state index in [1.807, 2.05) is 0 Å². The van der Waals surface area contributed by atoms with Gasteiger partial charge in [-0.25, -0.2) is 4.98 Å². The molecule has 2 aromatic heterocycles. The van der Waals surface area contributed by atoms with Gasteiger partial charge in [-0.05, 0) is 39.7 Å². The number of carbonyl (C=O) groups is 2. The lowest BCUT2D eigenvalue weighted by atomic mass is 10.0. The number of nitrogens with one attached hydrogen (secondary N) is 1. The summed E-state index contributed by atoms with van der Waals surface area (Å²) in [5, 5.41) is 16.3. The van der Waals surface area contributed by atoms with Gasteiger partial charge in [-0.1, -0.05) is 5.16 Å². The van der Waals surface area contributed by atoms with Crippen LogP contribution in [0.1, 0.15) is 54.4 Å². The number of aliphatic carboxylic acids is 1. The first-order chi connectivity index (χ1) is 10.9. The molecule has 0 saturated heterocycles. The number of pyridine rings is 1. The Balaban J connectivity index is 1.95. The summed E-state index contributed by atoms with van der Waals surface area (Å²) < 4.78 is 5.21. The highest BCUT2D eigenvalue weighted by molar-refractivity contribution is 6.06. The van der Waals surface area contributed by atoms with E-state index in [2.05, 4.69) is 15.5 Å². The van der Waals surface area contributed by atoms with Crippen molar-refractivity contribution in [3.63, 3.8) is 0 Å². The third-order valence-electron chi connectivity index (χ3n) is 4.38. The standard InChI is InChI=1S/C16H19N3O4/c1-7(16(21)22)8(2)17-14(20)11-6-12(10-4-5-10)18-15-13(11)9(3)19-23-15/h6-8,10H,4-5H2,1-3H3,(H,17,20)(H,21,22). The lowest BCUT2D eigenvalue weighted by Gasteiger charge is -2.18. The van der Waals surface area contributed by atoms with E-state index >= 15 is 0 Å². The van der Waals surface area contributed by atoms with Crippen LogP contribution in [-0.2, 0) is 4.79 Å². The van der Waals surface area contributed by atoms with Crippen LogP contribution in [-0.4, -0.2) is 33.2 Å². The Morgan fingerprint density at radius 1 is 1.39 bits per heavy atom. The summed E-state index contributed by atoms with van der Waals surface area (Å²) >= 11 is 0. The van der Waals surface area contributed by atoms with Gasteiger partial charge >= 0.3 is 5.97 Å². The second-order valence-electron chi connectivity index (χ2n) is 6.21. The molecular formula is C16H19N3O4. The molecule has 2 atom stereocenters. The maximum absolute atomic E-state index is 12.6. The molecule has 3 rings (SSSR count). The molecule has 7 heteroatoms. The number of fused-ring (bicyclic) bond motifs is 1. The molecule has 0 bridgehead atoms. The SMILES string of the molecule is Cc1noc2nc(C3CC3)cc(C(=O)NC(C)C(C)C(=O)O)c12. The first-order valence-corrected chi connectivity index (χ1v) is 7.69. The van der Waals surface area contributed by atoms with Crippen molar-refractivity contribution < 1.29 is 19.2 Å². The predicted molar refractivity (Wildman–Crippen MR) is 82.2 cm³/mol. The Hall–Kier alpha value is -2.44. The van der Waals surface area contributed by atoms with Gasteiger partial charge in [0.2, 0.25) is 0 Å². The fourth-order valence-electron chi connectivity index (χ4n) is 2.50. The molecule has 23 heavy (non-hydrogen) atoms. The first kappa shape index (κ1) is 15.5. The normalized spacial score (nSPS) is 17.0. The minimum absolute atomic E-state index is 0.328. The second-order valence-corrected chi connectivity index (χ2v) is 6.21. The Morgan fingerprint density at radius 3 is 2.70 bits per heavy atom. The van der Waals surface area contributed by atoms with Crippen LogP contribution in [0.25, 0.3) is 11.1 Å². The molecule has 7 nitrogen and oxygen atoms in total. The van der Waals surface area contributed by atoms with Gasteiger partial charge in [0, 0.05) is 17.7 Å². The fraction of sp³-hybridized carbons (Fsp3) is 0.500. The largest absolute Gasteiger partial charge is 0.481 e. The molecule has 1 aliphatic carbocycles. The average molecular weight is 317 g/mol. The number of aryl methyl sites for hydroxylation is 1. The van der Waals surface area contributed by atoms with Gasteiger partial charge < -0.3 is 14.9 Å². The van der Waals surface area contributed by atoms with Crippen LogP contribution in [0.15, 0.2) is 10.6 Å². The quantitative estimate of drug-likeness (QED) is 0.876. The predicted octanol–water partition coefficient (Wildman–Crippen LogP) is 2.25. The second kappa shape index (κ2) is 5.64. The monoisotopic (exact) mass is 317 g/mol. The van der Waals surface area contributed by atoms with E-state index in [-0.39, 0.29) is 5.91 Å². The number of amides is 1. The molecule has 1 aliphatic rings. The molecule has 2 heterocycles. The molecule has 0 radical (unpaired) electrons. The Labute approximate surface area is 133 Å². The lowest BCUT2D eigenvalue weighted by Crippen LogP contribution is -2.40. The highest BCUT2D eigenvalue weighted by Gasteiger charge is 2.29. The summed E-state index contributed by atoms with van der Waals surface area (Å²) in [5.74, 6) is -1.59. The molecule has 0 aromatic carbocycles. The maximum atomic E-state index is 12.6. The molecule has 2 N–H and O–H groups in total. The number of carbonyl (C=O) groups excluding carboxylic acids is 1. The van der Waals surface area contributed by atoms with Crippen LogP contribution in [0.2, 0.25) is 0 Å². The summed E-state index contributed by atoms with van der Waals surface area (Å²) in [6.45, 7) is 5.00. The molecule has 2 aromatic rings. The van der Waals surface area contributed by atoms with Gasteiger partial charge in [-0.15, -0.1) is 0 Å². The summed E-state index contributed by atoms with van der Waals surface area (Å²) in [6.07, 6.45) is 2.11. The van der Waals surface area contributed by atoms with Gasteiger partial charge in [0.1, 0.15) is 0 Å². The van der Waals surface area contributed by atoms with Crippen LogP contribution in [0.4, 0.5) is 0 Å². The highest BCUT2D eigenvalue weighted by Crippen LogP contribution is 2.40. The number of nitrogens with zero attached hydrogens (tertiary/aromatic N) is 2. The molecule has 0 aliphatic heterocycles. The van der Waals surface area contributed by atoms with E-state index in [1.165, 1.54) is 0 Å². The van der Waals surface area contributed by atoms with Gasteiger partial charge in [0.15, 0.2) is 0 Å². The topological polar surface area (TPSA) is 105 Å². The molecule has 1 saturated carbocycles. The van der Waals surface area contributed by atoms with E-state index in [4.69, 9.17) is 9.63 Å². The van der Waals surface area contributed by atoms with Crippen molar-refractivity contribution >= 4 is 23.0 Å². The zero-order chi connectivity index (χ0) is 16.7. The molecule has 2 unspecified atom stereocenters. The zero-order valence-corrected chi connectivity index (χ0v) is 13.3. The van der Waals surface area contributed by atoms with Crippen LogP contribution >= 0.6 is 0 Å². The zero-order valence-electron chi connectivity index (χ0n) is 13.3. The number of hydrogen-bond donors (Lipinski definition) is 2. The molecule has 1 amide bonds. The van der Waals surface area contributed by atoms with E-state index in [0.29, 0.717) is 28.3 Å². The third kappa shape index (κ3) is 2.91. The summed E-state index contributed by atoms with van der Waals surface area (Å²) in [7, 11) is 0. The Morgan fingerprint density at radius 2 is 2.09 bits per heavy atom. The van der Waals surface area contributed by atoms with Crippen molar-refractivity contribution in [2.24, 2.45) is 5.92 Å². The van der Waals surface area contributed by atoms with Crippen LogP contribution in [0.3, 0.4) is 0 Å². The average Bonchev–Trinajstić information content (AvgIpc) is 3.30. The van der Waals surface area contributed by atoms with Gasteiger partial charge in [0.25, 0.3) is 11.6 Å². The van der Waals surface area contributed by atoms with E-state index in [9.17, 15) is 9.59 Å². The first-order valence-electron chi connectivity index (χ1n) is 7.69. The van der Waals surface area contributed by atoms with Crippen LogP contribution in [0.5, 0.6) is 0 Å². The van der Waals surface area contributed by atoms with E-state index in [1.54, 1.807) is 26.8 Å². The number of rotatable bonds is 5. The smallest absolute Gasteiger partial charge is 0.308 e. The van der Waals surface area contributed by atoms with Gasteiger partial charge in [-0.2, -0.15) is 0 Å². The molecule has 122 valence electrons. The lowest BCUT2D eigenvalue weighted by molar-refractivity contribution is -0.141. The van der Waals surface area contributed by atoms with Crippen molar-refractivity contribution in [2.75, 3.05) is 0 Å². The van der Waals surface area contributed by atoms with Gasteiger partial charge in [0.05, 0.1) is 22.6 Å². The highest BCUT2D eigenvalue weighted by atomic mass is 16.5. The van der Waals surface area contributed by atoms with Gasteiger partial charge in [-0.3, -0.25) is 9.59 Å². The van der Waals surface area contributed by atoms with Crippen molar-refractivity contribution in [1.82, 2.24) is 15.5 Å². The summed E-state index contributed by atoms with van der Waals surface area (Å²) in [6, 6.07) is 1.28. The maximum Gasteiger partial charge on any atom is 0.308 e. The number of carboxylic acid groups (broad SMARTS) is 1. The number of carboxylic acids is 1. The molecular weight excluding hydrogens is 298 g/mol. The fourth-order valence-corrected chi connectivity index (χ4v) is 2.50. The minimum atomic E-state index is -0.947. The molecule has 0 spiro atoms. The Bertz CT molecular complexity index is 779. The minimum Gasteiger partial charge on any atom is -0.481 e.